The summed E-state index contributed by atoms with van der Waals surface area (Å²) in [7, 11) is 0. The highest BCUT2D eigenvalue weighted by atomic mass is 19.1. The molecule has 1 N–H and O–H groups in total. The summed E-state index contributed by atoms with van der Waals surface area (Å²) in [4.78, 5) is 11.6. The van der Waals surface area contributed by atoms with Gasteiger partial charge in [-0.1, -0.05) is 26.8 Å². The topological polar surface area (TPSA) is 41.1 Å². The van der Waals surface area contributed by atoms with Gasteiger partial charge in [-0.15, -0.1) is 0 Å². The van der Waals surface area contributed by atoms with E-state index in [1.807, 2.05) is 0 Å². The summed E-state index contributed by atoms with van der Waals surface area (Å²) in [6, 6.07) is 9.69. The van der Waals surface area contributed by atoms with E-state index in [0.717, 1.165) is 48.7 Å². The van der Waals surface area contributed by atoms with Gasteiger partial charge in [-0.2, -0.15) is 4.98 Å². The number of halogens is 2. The van der Waals surface area contributed by atoms with Crippen LogP contribution in [0.25, 0.3) is 10.9 Å². The van der Waals surface area contributed by atoms with Crippen LogP contribution in [-0.4, -0.2) is 23.1 Å². The lowest BCUT2D eigenvalue weighted by Crippen LogP contribution is -2.20. The van der Waals surface area contributed by atoms with Crippen molar-refractivity contribution in [3.63, 3.8) is 0 Å². The monoisotopic (exact) mass is 382 g/mol. The van der Waals surface area contributed by atoms with Crippen LogP contribution in [0.5, 0.6) is 0 Å². The van der Waals surface area contributed by atoms with Crippen molar-refractivity contribution in [2.75, 3.05) is 23.3 Å². The number of benzene rings is 2. The van der Waals surface area contributed by atoms with Gasteiger partial charge in [0.2, 0.25) is 5.95 Å². The molecule has 4 rings (SSSR count). The number of hydrogen-bond acceptors (Lipinski definition) is 4. The zero-order valence-corrected chi connectivity index (χ0v) is 16.4. The maximum atomic E-state index is 14.1. The second-order valence-corrected chi connectivity index (χ2v) is 8.30. The molecule has 0 unspecified atom stereocenters. The summed E-state index contributed by atoms with van der Waals surface area (Å²) in [6.45, 7) is 8.35. The van der Waals surface area contributed by atoms with E-state index in [0.29, 0.717) is 5.95 Å². The van der Waals surface area contributed by atoms with E-state index < -0.39 is 11.6 Å². The first-order valence-electron chi connectivity index (χ1n) is 9.60. The SMILES string of the molecule is CC(C)(C)c1ccc2c(N3CCCC3)nc(Nc3ccc(F)cc3F)nc2c1. The molecule has 1 aromatic heterocycles. The minimum absolute atomic E-state index is 0.0103. The van der Waals surface area contributed by atoms with E-state index in [1.165, 1.54) is 17.7 Å². The Hall–Kier alpha value is -2.76. The van der Waals surface area contributed by atoms with Crippen LogP contribution in [0.4, 0.5) is 26.2 Å². The van der Waals surface area contributed by atoms with Gasteiger partial charge in [0.25, 0.3) is 0 Å². The Kier molecular flexibility index (Phi) is 4.65. The number of nitrogens with zero attached hydrogens (tertiary/aromatic N) is 3. The van der Waals surface area contributed by atoms with Crippen molar-refractivity contribution in [1.29, 1.82) is 0 Å². The van der Waals surface area contributed by atoms with Gasteiger partial charge in [0, 0.05) is 24.5 Å². The molecule has 0 spiro atoms. The molecule has 0 saturated carbocycles. The molecule has 1 saturated heterocycles. The van der Waals surface area contributed by atoms with Crippen molar-refractivity contribution in [2.45, 2.75) is 39.0 Å². The fraction of sp³-hybridized carbons (Fsp3) is 0.364. The first-order chi connectivity index (χ1) is 13.3. The van der Waals surface area contributed by atoms with Gasteiger partial charge in [0.1, 0.15) is 17.5 Å². The predicted octanol–water partition coefficient (Wildman–Crippen LogP) is 5.55. The van der Waals surface area contributed by atoms with Crippen molar-refractivity contribution in [1.82, 2.24) is 9.97 Å². The largest absolute Gasteiger partial charge is 0.356 e. The zero-order valence-electron chi connectivity index (χ0n) is 16.4. The van der Waals surface area contributed by atoms with Crippen LogP contribution in [0.15, 0.2) is 36.4 Å². The smallest absolute Gasteiger partial charge is 0.229 e. The molecule has 0 atom stereocenters. The van der Waals surface area contributed by atoms with Crippen LogP contribution >= 0.6 is 0 Å². The van der Waals surface area contributed by atoms with Gasteiger partial charge in [0.15, 0.2) is 0 Å². The molecule has 1 aliphatic rings. The zero-order chi connectivity index (χ0) is 19.9. The quantitative estimate of drug-likeness (QED) is 0.645. The van der Waals surface area contributed by atoms with Gasteiger partial charge in [-0.25, -0.2) is 13.8 Å². The summed E-state index contributed by atoms with van der Waals surface area (Å²) in [5.74, 6) is -0.121. The molecule has 6 heteroatoms. The third-order valence-corrected chi connectivity index (χ3v) is 5.13. The molecular weight excluding hydrogens is 358 g/mol. The molecule has 146 valence electrons. The van der Waals surface area contributed by atoms with Gasteiger partial charge in [0.05, 0.1) is 11.2 Å². The molecule has 1 aliphatic heterocycles. The van der Waals surface area contributed by atoms with E-state index >= 15 is 0 Å². The minimum Gasteiger partial charge on any atom is -0.356 e. The first kappa shape index (κ1) is 18.6. The van der Waals surface area contributed by atoms with Crippen molar-refractivity contribution in [2.24, 2.45) is 0 Å². The van der Waals surface area contributed by atoms with Crippen molar-refractivity contribution >= 4 is 28.4 Å². The Bertz CT molecular complexity index is 1020. The number of anilines is 3. The Morgan fingerprint density at radius 2 is 1.71 bits per heavy atom. The van der Waals surface area contributed by atoms with Gasteiger partial charge in [-0.05, 0) is 48.1 Å². The van der Waals surface area contributed by atoms with E-state index in [-0.39, 0.29) is 11.1 Å². The molecule has 2 aromatic carbocycles. The second-order valence-electron chi connectivity index (χ2n) is 8.30. The molecule has 4 nitrogen and oxygen atoms in total. The summed E-state index contributed by atoms with van der Waals surface area (Å²) in [5.41, 5.74) is 2.13. The lowest BCUT2D eigenvalue weighted by molar-refractivity contribution is 0.586. The average molecular weight is 382 g/mol. The Morgan fingerprint density at radius 3 is 2.39 bits per heavy atom. The van der Waals surface area contributed by atoms with E-state index in [9.17, 15) is 8.78 Å². The summed E-state index contributed by atoms with van der Waals surface area (Å²) < 4.78 is 27.3. The van der Waals surface area contributed by atoms with Crippen LogP contribution in [-0.2, 0) is 5.41 Å². The first-order valence-corrected chi connectivity index (χ1v) is 9.60. The highest BCUT2D eigenvalue weighted by Crippen LogP contribution is 2.32. The molecule has 3 aromatic rings. The molecular formula is C22H24F2N4. The minimum atomic E-state index is -0.671. The van der Waals surface area contributed by atoms with Crippen molar-refractivity contribution in [3.8, 4) is 0 Å². The average Bonchev–Trinajstić information content (AvgIpc) is 3.16. The summed E-state index contributed by atoms with van der Waals surface area (Å²) >= 11 is 0. The highest BCUT2D eigenvalue weighted by Gasteiger charge is 2.21. The third-order valence-electron chi connectivity index (χ3n) is 5.13. The maximum absolute atomic E-state index is 14.1. The number of nitrogens with one attached hydrogen (secondary N) is 1. The van der Waals surface area contributed by atoms with Crippen molar-refractivity contribution in [3.05, 3.63) is 53.6 Å². The molecule has 1 fully saturated rings. The molecule has 2 heterocycles. The van der Waals surface area contributed by atoms with E-state index in [1.54, 1.807) is 0 Å². The normalized spacial score (nSPS) is 14.7. The fourth-order valence-electron chi connectivity index (χ4n) is 3.52. The lowest BCUT2D eigenvalue weighted by Gasteiger charge is -2.22. The number of aromatic nitrogens is 2. The number of rotatable bonds is 3. The number of hydrogen-bond donors (Lipinski definition) is 1. The third kappa shape index (κ3) is 3.63. The number of fused-ring (bicyclic) bond motifs is 1. The summed E-state index contributed by atoms with van der Waals surface area (Å²) in [5, 5.41) is 3.91. The Labute approximate surface area is 163 Å². The van der Waals surface area contributed by atoms with E-state index in [2.05, 4.69) is 59.2 Å². The molecule has 0 radical (unpaired) electrons. The van der Waals surface area contributed by atoms with Crippen LogP contribution in [0.2, 0.25) is 0 Å². The highest BCUT2D eigenvalue weighted by molar-refractivity contribution is 5.91. The van der Waals surface area contributed by atoms with E-state index in [4.69, 9.17) is 0 Å². The van der Waals surface area contributed by atoms with Crippen LogP contribution in [0.1, 0.15) is 39.2 Å². The van der Waals surface area contributed by atoms with Crippen LogP contribution < -0.4 is 10.2 Å². The van der Waals surface area contributed by atoms with Crippen LogP contribution in [0, 0.1) is 11.6 Å². The van der Waals surface area contributed by atoms with Gasteiger partial charge < -0.3 is 10.2 Å². The van der Waals surface area contributed by atoms with Gasteiger partial charge >= 0.3 is 0 Å². The standard InChI is InChI=1S/C22H24F2N4/c1-22(2,3)14-6-8-16-19(12-14)26-21(27-20(16)28-10-4-5-11-28)25-18-9-7-15(23)13-17(18)24/h6-9,12-13H,4-5,10-11H2,1-3H3,(H,25,26,27). The maximum Gasteiger partial charge on any atom is 0.229 e. The lowest BCUT2D eigenvalue weighted by atomic mass is 9.86. The molecule has 0 aliphatic carbocycles. The summed E-state index contributed by atoms with van der Waals surface area (Å²) in [6.07, 6.45) is 2.25. The fourth-order valence-corrected chi connectivity index (χ4v) is 3.52. The molecule has 28 heavy (non-hydrogen) atoms. The molecule has 0 bridgehead atoms. The van der Waals surface area contributed by atoms with Crippen LogP contribution in [0.3, 0.4) is 0 Å². The second kappa shape index (κ2) is 7.00. The Balaban J connectivity index is 1.83. The predicted molar refractivity (Wildman–Crippen MR) is 109 cm³/mol. The van der Waals surface area contributed by atoms with Crippen molar-refractivity contribution < 1.29 is 8.78 Å². The Morgan fingerprint density at radius 1 is 0.964 bits per heavy atom. The molecule has 0 amide bonds. The van der Waals surface area contributed by atoms with Gasteiger partial charge in [-0.3, -0.25) is 0 Å².